The van der Waals surface area contributed by atoms with Gasteiger partial charge in [0.05, 0.1) is 13.2 Å². The first-order valence-corrected chi connectivity index (χ1v) is 7.75. The largest absolute Gasteiger partial charge is 0.337 e. The van der Waals surface area contributed by atoms with E-state index < -0.39 is 5.53 Å². The third-order valence-electron chi connectivity index (χ3n) is 2.85. The lowest BCUT2D eigenvalue weighted by molar-refractivity contribution is -0.182. The smallest absolute Gasteiger partial charge is 0.278 e. The molecule has 1 rings (SSSR count). The van der Waals surface area contributed by atoms with Crippen LogP contribution in [0.4, 0.5) is 0 Å². The fourth-order valence-corrected chi connectivity index (χ4v) is 2.29. The highest BCUT2D eigenvalue weighted by atomic mass is 31.1. The van der Waals surface area contributed by atoms with Crippen LogP contribution in [-0.4, -0.2) is 13.2 Å². The molecular weight excluding hydrogens is 259 g/mol. The van der Waals surface area contributed by atoms with E-state index in [4.69, 9.17) is 9.47 Å². The van der Waals surface area contributed by atoms with Gasteiger partial charge in [-0.05, 0) is 24.8 Å². The van der Waals surface area contributed by atoms with Crippen LogP contribution in [0.3, 0.4) is 0 Å². The molecule has 0 fully saturated rings. The maximum absolute atomic E-state index is 11.6. The summed E-state index contributed by atoms with van der Waals surface area (Å²) < 4.78 is 23.1. The first-order chi connectivity index (χ1) is 9.22. The lowest BCUT2D eigenvalue weighted by Gasteiger charge is -2.27. The van der Waals surface area contributed by atoms with Crippen LogP contribution in [-0.2, 0) is 26.0 Å². The molecule has 0 atom stereocenters. The third-order valence-corrected chi connectivity index (χ3v) is 3.61. The van der Waals surface area contributed by atoms with Crippen molar-refractivity contribution in [3.05, 3.63) is 35.4 Å². The molecule has 0 saturated heterocycles. The summed E-state index contributed by atoms with van der Waals surface area (Å²) in [5, 5.41) is 0. The molecule has 4 heteroatoms. The molecular formula is C15H23O3P. The Bertz CT molecular complexity index is 367. The molecule has 0 bridgehead atoms. The van der Waals surface area contributed by atoms with Crippen molar-refractivity contribution in [1.82, 2.24) is 0 Å². The monoisotopic (exact) mass is 282 g/mol. The van der Waals surface area contributed by atoms with E-state index >= 15 is 0 Å². The van der Waals surface area contributed by atoms with Gasteiger partial charge in [0.25, 0.3) is 5.53 Å². The van der Waals surface area contributed by atoms with Gasteiger partial charge in [-0.3, -0.25) is 4.57 Å². The molecule has 0 aromatic heterocycles. The average molecular weight is 282 g/mol. The Morgan fingerprint density at radius 3 is 1.89 bits per heavy atom. The molecule has 0 heterocycles. The first kappa shape index (κ1) is 16.3. The Kier molecular flexibility index (Phi) is 7.22. The quantitative estimate of drug-likeness (QED) is 0.494. The van der Waals surface area contributed by atoms with Gasteiger partial charge < -0.3 is 9.47 Å². The van der Waals surface area contributed by atoms with Gasteiger partial charge in [-0.25, -0.2) is 0 Å². The Morgan fingerprint density at radius 2 is 1.53 bits per heavy atom. The van der Waals surface area contributed by atoms with Gasteiger partial charge in [0, 0.05) is 5.56 Å². The van der Waals surface area contributed by atoms with Crippen molar-refractivity contribution in [3.63, 3.8) is 0 Å². The lowest BCUT2D eigenvalue weighted by Crippen LogP contribution is -2.28. The second-order valence-electron chi connectivity index (χ2n) is 4.42. The molecule has 0 N–H and O–H groups in total. The fraction of sp³-hybridized carbons (Fsp3) is 0.600. The summed E-state index contributed by atoms with van der Waals surface area (Å²) in [4.78, 5) is 0. The van der Waals surface area contributed by atoms with Crippen molar-refractivity contribution in [2.75, 3.05) is 13.2 Å². The van der Waals surface area contributed by atoms with Crippen LogP contribution in [0.5, 0.6) is 0 Å². The van der Waals surface area contributed by atoms with E-state index in [0.29, 0.717) is 13.2 Å². The van der Waals surface area contributed by atoms with E-state index in [-0.39, 0.29) is 8.46 Å². The van der Waals surface area contributed by atoms with Gasteiger partial charge >= 0.3 is 0 Å². The van der Waals surface area contributed by atoms with Crippen molar-refractivity contribution < 1.29 is 14.0 Å². The Morgan fingerprint density at radius 1 is 1.00 bits per heavy atom. The second-order valence-corrected chi connectivity index (χ2v) is 5.19. The Balaban J connectivity index is 3.00. The molecule has 0 amide bonds. The molecule has 1 aromatic carbocycles. The first-order valence-electron chi connectivity index (χ1n) is 6.94. The zero-order valence-corrected chi connectivity index (χ0v) is 12.9. The van der Waals surface area contributed by atoms with Crippen LogP contribution < -0.4 is 0 Å². The van der Waals surface area contributed by atoms with Gasteiger partial charge in [-0.2, -0.15) is 0 Å². The number of aryl methyl sites for hydroxylation is 1. The topological polar surface area (TPSA) is 35.5 Å². The summed E-state index contributed by atoms with van der Waals surface area (Å²) in [5.74, 6) is 0. The van der Waals surface area contributed by atoms with E-state index in [1.54, 1.807) is 0 Å². The second kappa shape index (κ2) is 8.42. The van der Waals surface area contributed by atoms with Gasteiger partial charge in [0.2, 0.25) is 8.46 Å². The predicted octanol–water partition coefficient (Wildman–Crippen LogP) is 4.50. The van der Waals surface area contributed by atoms with E-state index in [1.807, 2.05) is 38.1 Å². The summed E-state index contributed by atoms with van der Waals surface area (Å²) in [7, 11) is -0.156. The van der Waals surface area contributed by atoms with Crippen molar-refractivity contribution in [1.29, 1.82) is 0 Å². The average Bonchev–Trinajstić information content (AvgIpc) is 2.48. The number of hydrogen-bond donors (Lipinski definition) is 0. The maximum Gasteiger partial charge on any atom is 0.278 e. The minimum absolute atomic E-state index is 0.156. The lowest BCUT2D eigenvalue weighted by atomic mass is 10.1. The van der Waals surface area contributed by atoms with Crippen LogP contribution >= 0.6 is 8.46 Å². The van der Waals surface area contributed by atoms with Gasteiger partial charge in [0.15, 0.2) is 0 Å². The molecule has 0 saturated carbocycles. The number of benzene rings is 1. The Hall–Kier alpha value is -0.760. The molecule has 0 aliphatic carbocycles. The standard InChI is InChI=1S/C15H23O3P/c1-4-11-17-15(19-16,18-12-5-2)14-9-7-13(6-3)8-10-14/h7-10H,4-6,11-12H2,1-3H3. The number of rotatable bonds is 9. The summed E-state index contributed by atoms with van der Waals surface area (Å²) in [6, 6.07) is 7.93. The normalized spacial score (nSPS) is 11.9. The highest BCUT2D eigenvalue weighted by Gasteiger charge is 2.35. The molecule has 106 valence electrons. The van der Waals surface area contributed by atoms with Gasteiger partial charge in [0.1, 0.15) is 0 Å². The molecule has 1 aromatic rings. The van der Waals surface area contributed by atoms with Crippen LogP contribution in [0, 0.1) is 0 Å². The van der Waals surface area contributed by atoms with Gasteiger partial charge in [-0.15, -0.1) is 0 Å². The number of ether oxygens (including phenoxy) is 2. The zero-order chi connectivity index (χ0) is 14.1. The summed E-state index contributed by atoms with van der Waals surface area (Å²) in [6.07, 6.45) is 2.70. The third kappa shape index (κ3) is 4.38. The van der Waals surface area contributed by atoms with Crippen LogP contribution in [0.15, 0.2) is 24.3 Å². The van der Waals surface area contributed by atoms with Crippen molar-refractivity contribution >= 4 is 8.46 Å². The van der Waals surface area contributed by atoms with E-state index in [1.165, 1.54) is 5.56 Å². The van der Waals surface area contributed by atoms with Crippen molar-refractivity contribution in [2.24, 2.45) is 0 Å². The zero-order valence-electron chi connectivity index (χ0n) is 12.0. The number of hydrogen-bond acceptors (Lipinski definition) is 3. The molecule has 0 aliphatic heterocycles. The molecule has 0 unspecified atom stereocenters. The molecule has 0 spiro atoms. The van der Waals surface area contributed by atoms with Crippen LogP contribution in [0.25, 0.3) is 0 Å². The van der Waals surface area contributed by atoms with E-state index in [2.05, 4.69) is 6.92 Å². The van der Waals surface area contributed by atoms with E-state index in [9.17, 15) is 4.57 Å². The summed E-state index contributed by atoms with van der Waals surface area (Å²) in [5.41, 5.74) is 0.896. The summed E-state index contributed by atoms with van der Waals surface area (Å²) in [6.45, 7) is 7.19. The fourth-order valence-electron chi connectivity index (χ4n) is 1.75. The molecule has 3 nitrogen and oxygen atoms in total. The highest BCUT2D eigenvalue weighted by molar-refractivity contribution is 7.24. The highest BCUT2D eigenvalue weighted by Crippen LogP contribution is 2.38. The minimum atomic E-state index is -1.15. The maximum atomic E-state index is 11.6. The van der Waals surface area contributed by atoms with Crippen LogP contribution in [0.2, 0.25) is 0 Å². The molecule has 0 radical (unpaired) electrons. The van der Waals surface area contributed by atoms with Crippen molar-refractivity contribution in [2.45, 2.75) is 45.6 Å². The van der Waals surface area contributed by atoms with Gasteiger partial charge in [-0.1, -0.05) is 45.0 Å². The van der Waals surface area contributed by atoms with Crippen LogP contribution in [0.1, 0.15) is 44.7 Å². The molecule has 19 heavy (non-hydrogen) atoms. The SMILES string of the molecule is CCCOC(OCCC)(P=O)c1ccc(CC)cc1. The van der Waals surface area contributed by atoms with E-state index in [0.717, 1.165) is 24.8 Å². The molecule has 0 aliphatic rings. The van der Waals surface area contributed by atoms with Crippen molar-refractivity contribution in [3.8, 4) is 0 Å². The Labute approximate surface area is 117 Å². The predicted molar refractivity (Wildman–Crippen MR) is 77.6 cm³/mol. The summed E-state index contributed by atoms with van der Waals surface area (Å²) >= 11 is 0. The minimum Gasteiger partial charge on any atom is -0.337 e.